The van der Waals surface area contributed by atoms with Crippen molar-refractivity contribution in [3.05, 3.63) is 53.2 Å². The van der Waals surface area contributed by atoms with Crippen LogP contribution in [-0.2, 0) is 13.1 Å². The maximum Gasteiger partial charge on any atom is 0.218 e. The molecule has 2 N–H and O–H groups in total. The minimum Gasteiger partial charge on any atom is -0.494 e. The molecule has 1 heterocycles. The molecule has 0 unspecified atom stereocenters. The summed E-state index contributed by atoms with van der Waals surface area (Å²) in [6, 6.07) is 10.1. The average molecular weight is 484 g/mol. The van der Waals surface area contributed by atoms with Crippen molar-refractivity contribution in [2.24, 2.45) is 4.99 Å². The van der Waals surface area contributed by atoms with Crippen LogP contribution in [0.25, 0.3) is 0 Å². The van der Waals surface area contributed by atoms with E-state index in [4.69, 9.17) is 9.47 Å². The largest absolute Gasteiger partial charge is 0.494 e. The highest BCUT2D eigenvalue weighted by Gasteiger charge is 2.07. The number of ether oxygens (including phenoxy) is 2. The highest BCUT2D eigenvalue weighted by atomic mass is 127. The molecule has 0 aliphatic rings. The van der Waals surface area contributed by atoms with Crippen molar-refractivity contribution < 1.29 is 9.47 Å². The van der Waals surface area contributed by atoms with Crippen LogP contribution in [0.1, 0.15) is 30.5 Å². The molecule has 1 aromatic heterocycles. The highest BCUT2D eigenvalue weighted by Crippen LogP contribution is 2.20. The fourth-order valence-electron chi connectivity index (χ4n) is 2.50. The Morgan fingerprint density at radius 1 is 1.04 bits per heavy atom. The summed E-state index contributed by atoms with van der Waals surface area (Å²) in [5.41, 5.74) is 3.26. The van der Waals surface area contributed by atoms with Crippen molar-refractivity contribution in [3.8, 4) is 11.6 Å². The summed E-state index contributed by atoms with van der Waals surface area (Å²) >= 11 is 0. The molecule has 7 heteroatoms. The zero-order chi connectivity index (χ0) is 18.8. The molecule has 2 aromatic rings. The Morgan fingerprint density at radius 3 is 2.41 bits per heavy atom. The molecular formula is C20H29IN4O2. The van der Waals surface area contributed by atoms with Gasteiger partial charge in [-0.05, 0) is 38.5 Å². The molecule has 2 rings (SSSR count). The Morgan fingerprint density at radius 2 is 1.74 bits per heavy atom. The number of nitrogens with one attached hydrogen (secondary N) is 2. The summed E-state index contributed by atoms with van der Waals surface area (Å²) < 4.78 is 11.3. The fourth-order valence-corrected chi connectivity index (χ4v) is 2.50. The maximum atomic E-state index is 5.73. The summed E-state index contributed by atoms with van der Waals surface area (Å²) in [6.45, 7) is 8.43. The summed E-state index contributed by atoms with van der Waals surface area (Å²) in [6.07, 6.45) is 1.73. The van der Waals surface area contributed by atoms with Crippen LogP contribution in [-0.4, -0.2) is 31.2 Å². The van der Waals surface area contributed by atoms with Crippen molar-refractivity contribution >= 4 is 29.9 Å². The molecule has 0 bridgehead atoms. The summed E-state index contributed by atoms with van der Waals surface area (Å²) in [7, 11) is 1.75. The number of nitrogens with zero attached hydrogens (tertiary/aromatic N) is 2. The van der Waals surface area contributed by atoms with Crippen LogP contribution >= 0.6 is 24.0 Å². The van der Waals surface area contributed by atoms with E-state index in [9.17, 15) is 0 Å². The van der Waals surface area contributed by atoms with Crippen molar-refractivity contribution in [1.82, 2.24) is 15.6 Å². The third kappa shape index (κ3) is 7.24. The number of benzene rings is 1. The van der Waals surface area contributed by atoms with Gasteiger partial charge in [0.2, 0.25) is 5.88 Å². The van der Waals surface area contributed by atoms with Gasteiger partial charge in [0.05, 0.1) is 13.2 Å². The van der Waals surface area contributed by atoms with Gasteiger partial charge in [-0.3, -0.25) is 4.99 Å². The predicted molar refractivity (Wildman–Crippen MR) is 120 cm³/mol. The molecule has 0 atom stereocenters. The smallest absolute Gasteiger partial charge is 0.218 e. The molecule has 0 radical (unpaired) electrons. The Balaban J connectivity index is 0.00000364. The number of halogens is 1. The number of pyridine rings is 1. The number of guanidine groups is 1. The number of aliphatic imine (C=N–C) groups is 1. The zero-order valence-electron chi connectivity index (χ0n) is 16.4. The average Bonchev–Trinajstić information content (AvgIpc) is 2.65. The Hall–Kier alpha value is -2.03. The lowest BCUT2D eigenvalue weighted by molar-refractivity contribution is 0.322. The van der Waals surface area contributed by atoms with Crippen molar-refractivity contribution in [2.75, 3.05) is 20.3 Å². The number of rotatable bonds is 8. The van der Waals surface area contributed by atoms with Gasteiger partial charge in [0.15, 0.2) is 5.96 Å². The number of hydrogen-bond acceptors (Lipinski definition) is 4. The molecule has 27 heavy (non-hydrogen) atoms. The van der Waals surface area contributed by atoms with E-state index in [0.717, 1.165) is 16.9 Å². The Kier molecular flexibility index (Phi) is 10.5. The van der Waals surface area contributed by atoms with Gasteiger partial charge in [0.25, 0.3) is 0 Å². The Labute approximate surface area is 178 Å². The van der Waals surface area contributed by atoms with Crippen LogP contribution in [0, 0.1) is 6.92 Å². The van der Waals surface area contributed by atoms with E-state index in [1.54, 1.807) is 13.2 Å². The molecule has 0 saturated carbocycles. The number of aryl methyl sites for hydroxylation is 1. The monoisotopic (exact) mass is 484 g/mol. The van der Waals surface area contributed by atoms with Crippen LogP contribution in [0.3, 0.4) is 0 Å². The van der Waals surface area contributed by atoms with Gasteiger partial charge in [0.1, 0.15) is 5.75 Å². The van der Waals surface area contributed by atoms with Gasteiger partial charge >= 0.3 is 0 Å². The molecular weight excluding hydrogens is 455 g/mol. The van der Waals surface area contributed by atoms with Crippen LogP contribution in [0.5, 0.6) is 11.6 Å². The van der Waals surface area contributed by atoms with Crippen molar-refractivity contribution in [1.29, 1.82) is 0 Å². The third-order valence-corrected chi connectivity index (χ3v) is 3.77. The summed E-state index contributed by atoms with van der Waals surface area (Å²) in [5, 5.41) is 6.62. The SMILES string of the molecule is CCOc1cc(C)ccc1CNC(=NC)NCc1cccnc1OCC.I. The first kappa shape index (κ1) is 23.0. The van der Waals surface area contributed by atoms with Gasteiger partial charge in [0, 0.05) is 37.5 Å². The lowest BCUT2D eigenvalue weighted by Gasteiger charge is -2.15. The molecule has 1 aromatic carbocycles. The van der Waals surface area contributed by atoms with Crippen LogP contribution in [0.15, 0.2) is 41.5 Å². The van der Waals surface area contributed by atoms with Gasteiger partial charge in [-0.2, -0.15) is 0 Å². The van der Waals surface area contributed by atoms with Crippen LogP contribution in [0.4, 0.5) is 0 Å². The molecule has 0 aliphatic carbocycles. The molecule has 148 valence electrons. The molecule has 0 amide bonds. The molecule has 0 saturated heterocycles. The zero-order valence-corrected chi connectivity index (χ0v) is 18.7. The first-order chi connectivity index (χ1) is 12.7. The lowest BCUT2D eigenvalue weighted by Crippen LogP contribution is -2.36. The second-order valence-electron chi connectivity index (χ2n) is 5.72. The number of aromatic nitrogens is 1. The second-order valence-corrected chi connectivity index (χ2v) is 5.72. The van der Waals surface area contributed by atoms with Crippen LogP contribution in [0.2, 0.25) is 0 Å². The first-order valence-electron chi connectivity index (χ1n) is 8.91. The summed E-state index contributed by atoms with van der Waals surface area (Å²) in [4.78, 5) is 8.55. The van der Waals surface area contributed by atoms with E-state index in [1.807, 2.05) is 26.0 Å². The Bertz CT molecular complexity index is 738. The van der Waals surface area contributed by atoms with Crippen molar-refractivity contribution in [2.45, 2.75) is 33.9 Å². The van der Waals surface area contributed by atoms with E-state index >= 15 is 0 Å². The van der Waals surface area contributed by atoms with Gasteiger partial charge < -0.3 is 20.1 Å². The molecule has 0 spiro atoms. The predicted octanol–water partition coefficient (Wildman–Crippen LogP) is 3.67. The lowest BCUT2D eigenvalue weighted by atomic mass is 10.1. The normalized spacial score (nSPS) is 10.7. The standard InChI is InChI=1S/C20H28N4O2.HI/c1-5-25-18-12-15(3)9-10-16(18)13-23-20(21-4)24-14-17-8-7-11-22-19(17)26-6-2;/h7-12H,5-6,13-14H2,1-4H3,(H2,21,23,24);1H. The minimum atomic E-state index is 0. The third-order valence-electron chi connectivity index (χ3n) is 3.77. The quantitative estimate of drug-likeness (QED) is 0.340. The van der Waals surface area contributed by atoms with E-state index in [0.29, 0.717) is 38.1 Å². The van der Waals surface area contributed by atoms with E-state index in [1.165, 1.54) is 5.56 Å². The summed E-state index contributed by atoms with van der Waals surface area (Å²) in [5.74, 6) is 2.26. The van der Waals surface area contributed by atoms with Gasteiger partial charge in [-0.1, -0.05) is 18.2 Å². The van der Waals surface area contributed by atoms with E-state index < -0.39 is 0 Å². The van der Waals surface area contributed by atoms with Crippen molar-refractivity contribution in [3.63, 3.8) is 0 Å². The highest BCUT2D eigenvalue weighted by molar-refractivity contribution is 14.0. The molecule has 0 fully saturated rings. The number of hydrogen-bond donors (Lipinski definition) is 2. The van der Waals surface area contributed by atoms with E-state index in [2.05, 4.69) is 45.7 Å². The second kappa shape index (κ2) is 12.4. The van der Waals surface area contributed by atoms with Crippen LogP contribution < -0.4 is 20.1 Å². The van der Waals surface area contributed by atoms with Gasteiger partial charge in [-0.15, -0.1) is 24.0 Å². The van der Waals surface area contributed by atoms with E-state index in [-0.39, 0.29) is 24.0 Å². The minimum absolute atomic E-state index is 0. The first-order valence-corrected chi connectivity index (χ1v) is 8.91. The molecule has 0 aliphatic heterocycles. The maximum absolute atomic E-state index is 5.73. The fraction of sp³-hybridized carbons (Fsp3) is 0.400. The molecule has 6 nitrogen and oxygen atoms in total. The van der Waals surface area contributed by atoms with Gasteiger partial charge in [-0.25, -0.2) is 4.98 Å². The topological polar surface area (TPSA) is 67.8 Å².